The third kappa shape index (κ3) is 4.10. The van der Waals surface area contributed by atoms with Gasteiger partial charge in [-0.25, -0.2) is 9.37 Å². The van der Waals surface area contributed by atoms with Crippen LogP contribution in [0, 0.1) is 17.1 Å². The Bertz CT molecular complexity index is 1220. The van der Waals surface area contributed by atoms with E-state index in [1.807, 2.05) is 23.1 Å². The van der Waals surface area contributed by atoms with E-state index in [-0.39, 0.29) is 36.8 Å². The number of piperazine rings is 1. The quantitative estimate of drug-likeness (QED) is 0.680. The highest BCUT2D eigenvalue weighted by Gasteiger charge is 2.39. The van der Waals surface area contributed by atoms with E-state index in [1.165, 1.54) is 11.0 Å². The Morgan fingerprint density at radius 1 is 1.15 bits per heavy atom. The second-order valence-electron chi connectivity index (χ2n) is 8.75. The Morgan fingerprint density at radius 3 is 2.68 bits per heavy atom. The lowest BCUT2D eigenvalue weighted by atomic mass is 10.0. The monoisotopic (exact) mass is 462 g/mol. The standard InChI is InChI=1S/C24H23FN6O3/c25-19-11-18-15(13-31(24(18)34)20-4-5-22(32)28-23(20)33)10-21(19)30-8-6-29(7-9-30)14-17-3-1-2-16(12-26)27-17/h1-3,10-11,20H,4-9,13-14H2,(H,28,32,33). The second-order valence-corrected chi connectivity index (χ2v) is 8.75. The summed E-state index contributed by atoms with van der Waals surface area (Å²) in [4.78, 5) is 46.5. The summed E-state index contributed by atoms with van der Waals surface area (Å²) >= 11 is 0. The lowest BCUT2D eigenvalue weighted by Gasteiger charge is -2.36. The molecule has 0 radical (unpaired) electrons. The van der Waals surface area contributed by atoms with Crippen molar-refractivity contribution < 1.29 is 18.8 Å². The molecule has 0 saturated carbocycles. The normalized spacial score (nSPS) is 20.8. The van der Waals surface area contributed by atoms with Crippen LogP contribution in [0.5, 0.6) is 0 Å². The predicted molar refractivity (Wildman–Crippen MR) is 119 cm³/mol. The van der Waals surface area contributed by atoms with Crippen molar-refractivity contribution in [2.75, 3.05) is 31.1 Å². The minimum atomic E-state index is -0.721. The molecule has 3 aliphatic rings. The van der Waals surface area contributed by atoms with Crippen LogP contribution in [-0.4, -0.2) is 64.7 Å². The Kier molecular flexibility index (Phi) is 5.71. The first-order valence-corrected chi connectivity index (χ1v) is 11.2. The predicted octanol–water partition coefficient (Wildman–Crippen LogP) is 1.18. The number of nitrogens with one attached hydrogen (secondary N) is 1. The molecule has 9 nitrogen and oxygen atoms in total. The SMILES string of the molecule is N#Cc1cccc(CN2CCN(c3cc4c(cc3F)C(=O)N(C3CCC(=O)NC3=O)C4)CC2)n1. The number of hydrogen-bond acceptors (Lipinski definition) is 7. The van der Waals surface area contributed by atoms with Gasteiger partial charge in [0.1, 0.15) is 23.6 Å². The van der Waals surface area contributed by atoms with Gasteiger partial charge in [0.05, 0.1) is 11.4 Å². The zero-order chi connectivity index (χ0) is 23.8. The van der Waals surface area contributed by atoms with Crippen molar-refractivity contribution in [3.8, 4) is 6.07 Å². The molecule has 1 aromatic heterocycles. The molecular weight excluding hydrogens is 439 g/mol. The number of hydrogen-bond donors (Lipinski definition) is 1. The van der Waals surface area contributed by atoms with Gasteiger partial charge in [0.15, 0.2) is 0 Å². The van der Waals surface area contributed by atoms with E-state index in [0.29, 0.717) is 49.7 Å². The fraction of sp³-hybridized carbons (Fsp3) is 0.375. The van der Waals surface area contributed by atoms with Crippen molar-refractivity contribution in [2.45, 2.75) is 32.0 Å². The molecular formula is C24H23FN6O3. The summed E-state index contributed by atoms with van der Waals surface area (Å²) < 4.78 is 15.0. The summed E-state index contributed by atoms with van der Waals surface area (Å²) in [6, 6.07) is 9.68. The van der Waals surface area contributed by atoms with Crippen LogP contribution in [0.4, 0.5) is 10.1 Å². The molecule has 0 spiro atoms. The van der Waals surface area contributed by atoms with Crippen LogP contribution in [0.2, 0.25) is 0 Å². The van der Waals surface area contributed by atoms with Gasteiger partial charge in [-0.15, -0.1) is 0 Å². The number of imide groups is 1. The Morgan fingerprint density at radius 2 is 1.94 bits per heavy atom. The van der Waals surface area contributed by atoms with Crippen LogP contribution < -0.4 is 10.2 Å². The van der Waals surface area contributed by atoms with Crippen molar-refractivity contribution in [3.05, 3.63) is 58.7 Å². The van der Waals surface area contributed by atoms with Gasteiger partial charge >= 0.3 is 0 Å². The van der Waals surface area contributed by atoms with Gasteiger partial charge in [0.2, 0.25) is 11.8 Å². The highest BCUT2D eigenvalue weighted by molar-refractivity contribution is 6.05. The Balaban J connectivity index is 1.26. The Labute approximate surface area is 195 Å². The number of amides is 3. The lowest BCUT2D eigenvalue weighted by Crippen LogP contribution is -2.52. The first kappa shape index (κ1) is 22.0. The van der Waals surface area contributed by atoms with E-state index in [0.717, 1.165) is 5.69 Å². The second kappa shape index (κ2) is 8.83. The number of aromatic nitrogens is 1. The number of piperidine rings is 1. The van der Waals surface area contributed by atoms with Gasteiger partial charge < -0.3 is 9.80 Å². The molecule has 174 valence electrons. The third-order valence-electron chi connectivity index (χ3n) is 6.61. The summed E-state index contributed by atoms with van der Waals surface area (Å²) in [5.41, 5.74) is 2.61. The number of carbonyl (C=O) groups excluding carboxylic acids is 3. The van der Waals surface area contributed by atoms with Crippen molar-refractivity contribution in [3.63, 3.8) is 0 Å². The smallest absolute Gasteiger partial charge is 0.255 e. The number of nitriles is 1. The first-order valence-electron chi connectivity index (χ1n) is 11.2. The highest BCUT2D eigenvalue weighted by atomic mass is 19.1. The number of fused-ring (bicyclic) bond motifs is 1. The minimum absolute atomic E-state index is 0.177. The molecule has 3 aliphatic heterocycles. The molecule has 4 heterocycles. The number of rotatable bonds is 4. The molecule has 1 N–H and O–H groups in total. The maximum atomic E-state index is 15.0. The average molecular weight is 462 g/mol. The number of carbonyl (C=O) groups is 3. The zero-order valence-electron chi connectivity index (χ0n) is 18.5. The van der Waals surface area contributed by atoms with E-state index in [2.05, 4.69) is 15.2 Å². The molecule has 1 atom stereocenters. The molecule has 1 unspecified atom stereocenters. The molecule has 2 aromatic rings. The molecule has 2 fully saturated rings. The molecule has 0 bridgehead atoms. The number of anilines is 1. The van der Waals surface area contributed by atoms with E-state index in [4.69, 9.17) is 5.26 Å². The van der Waals surface area contributed by atoms with Crippen molar-refractivity contribution in [1.29, 1.82) is 5.26 Å². The molecule has 3 amide bonds. The first-order chi connectivity index (χ1) is 16.4. The summed E-state index contributed by atoms with van der Waals surface area (Å²) in [5.74, 6) is -1.67. The maximum Gasteiger partial charge on any atom is 0.255 e. The van der Waals surface area contributed by atoms with Gasteiger partial charge in [-0.2, -0.15) is 5.26 Å². The number of pyridine rings is 1. The van der Waals surface area contributed by atoms with Crippen molar-refractivity contribution in [2.24, 2.45) is 0 Å². The molecule has 34 heavy (non-hydrogen) atoms. The van der Waals surface area contributed by atoms with Gasteiger partial charge in [0, 0.05) is 51.3 Å². The summed E-state index contributed by atoms with van der Waals surface area (Å²) in [7, 11) is 0. The van der Waals surface area contributed by atoms with Crippen molar-refractivity contribution in [1.82, 2.24) is 20.1 Å². The molecule has 0 aliphatic carbocycles. The largest absolute Gasteiger partial charge is 0.367 e. The fourth-order valence-electron chi connectivity index (χ4n) is 4.82. The number of benzene rings is 1. The van der Waals surface area contributed by atoms with E-state index >= 15 is 4.39 Å². The van der Waals surface area contributed by atoms with Crippen LogP contribution in [-0.2, 0) is 22.7 Å². The van der Waals surface area contributed by atoms with Gasteiger partial charge in [-0.05, 0) is 36.2 Å². The molecule has 5 rings (SSSR count). The number of halogens is 1. The van der Waals surface area contributed by atoms with E-state index < -0.39 is 17.8 Å². The molecule has 2 saturated heterocycles. The fourth-order valence-corrected chi connectivity index (χ4v) is 4.82. The van der Waals surface area contributed by atoms with Crippen LogP contribution in [0.1, 0.15) is 40.2 Å². The summed E-state index contributed by atoms with van der Waals surface area (Å²) in [6.45, 7) is 3.46. The van der Waals surface area contributed by atoms with E-state index in [9.17, 15) is 14.4 Å². The van der Waals surface area contributed by atoms with Crippen molar-refractivity contribution >= 4 is 23.4 Å². The van der Waals surface area contributed by atoms with Gasteiger partial charge in [-0.3, -0.25) is 24.6 Å². The van der Waals surface area contributed by atoms with Crippen LogP contribution in [0.25, 0.3) is 0 Å². The minimum Gasteiger partial charge on any atom is -0.367 e. The van der Waals surface area contributed by atoms with Crippen LogP contribution >= 0.6 is 0 Å². The number of nitrogens with zero attached hydrogens (tertiary/aromatic N) is 5. The van der Waals surface area contributed by atoms with Gasteiger partial charge in [0.25, 0.3) is 5.91 Å². The molecule has 1 aromatic carbocycles. The summed E-state index contributed by atoms with van der Waals surface area (Å²) in [5, 5.41) is 11.3. The van der Waals surface area contributed by atoms with Gasteiger partial charge in [-0.1, -0.05) is 6.07 Å². The topological polar surface area (TPSA) is 110 Å². The third-order valence-corrected chi connectivity index (χ3v) is 6.61. The molecule has 10 heteroatoms. The Hall–Kier alpha value is -3.84. The average Bonchev–Trinajstić information content (AvgIpc) is 3.14. The lowest BCUT2D eigenvalue weighted by molar-refractivity contribution is -0.136. The maximum absolute atomic E-state index is 15.0. The summed E-state index contributed by atoms with van der Waals surface area (Å²) in [6.07, 6.45) is 0.449. The highest BCUT2D eigenvalue weighted by Crippen LogP contribution is 2.33. The zero-order valence-corrected chi connectivity index (χ0v) is 18.5. The van der Waals surface area contributed by atoms with Crippen LogP contribution in [0.15, 0.2) is 30.3 Å². The van der Waals surface area contributed by atoms with E-state index in [1.54, 1.807) is 12.1 Å². The van der Waals surface area contributed by atoms with Crippen LogP contribution in [0.3, 0.4) is 0 Å².